The smallest absolute Gasteiger partial charge is 0.153 e. The number of carbonyl (C=O) groups excluding carboxylic acids is 1. The zero-order chi connectivity index (χ0) is 10.8. The van der Waals surface area contributed by atoms with Crippen LogP contribution in [0.3, 0.4) is 0 Å². The Hall–Kier alpha value is -1.06. The van der Waals surface area contributed by atoms with Gasteiger partial charge in [-0.3, -0.25) is 4.79 Å². The molecular weight excluding hydrogens is 216 g/mol. The van der Waals surface area contributed by atoms with Crippen molar-refractivity contribution >= 4 is 17.9 Å². The van der Waals surface area contributed by atoms with E-state index in [-0.39, 0.29) is 6.10 Å². The van der Waals surface area contributed by atoms with Gasteiger partial charge in [-0.2, -0.15) is 0 Å². The molecule has 0 amide bonds. The van der Waals surface area contributed by atoms with Crippen LogP contribution in [0.25, 0.3) is 0 Å². The first-order valence-electron chi connectivity index (χ1n) is 4.70. The van der Waals surface area contributed by atoms with E-state index in [1.807, 2.05) is 6.92 Å². The predicted octanol–water partition coefficient (Wildman–Crippen LogP) is 2.24. The average molecular weight is 227 g/mol. The van der Waals surface area contributed by atoms with E-state index in [1.165, 1.54) is 0 Å². The SMILES string of the molecule is Cc1cc(OC[C@@H]2CO2)c(C=O)cc1Cl. The lowest BCUT2D eigenvalue weighted by molar-refractivity contribution is 0.111. The highest BCUT2D eigenvalue weighted by Crippen LogP contribution is 2.26. The number of aldehydes is 1. The quantitative estimate of drug-likeness (QED) is 0.584. The minimum atomic E-state index is 0.181. The molecule has 0 N–H and O–H groups in total. The van der Waals surface area contributed by atoms with Crippen molar-refractivity contribution in [2.75, 3.05) is 13.2 Å². The maximum Gasteiger partial charge on any atom is 0.153 e. The number of ether oxygens (including phenoxy) is 2. The van der Waals surface area contributed by atoms with Crippen LogP contribution in [0.4, 0.5) is 0 Å². The van der Waals surface area contributed by atoms with Gasteiger partial charge >= 0.3 is 0 Å². The number of epoxide rings is 1. The largest absolute Gasteiger partial charge is 0.490 e. The van der Waals surface area contributed by atoms with Crippen molar-refractivity contribution in [3.8, 4) is 5.75 Å². The number of rotatable bonds is 4. The summed E-state index contributed by atoms with van der Waals surface area (Å²) in [5.74, 6) is 0.572. The number of carbonyl (C=O) groups is 1. The van der Waals surface area contributed by atoms with Crippen molar-refractivity contribution in [1.29, 1.82) is 0 Å². The third kappa shape index (κ3) is 2.49. The number of halogens is 1. The van der Waals surface area contributed by atoms with Gasteiger partial charge in [-0.25, -0.2) is 0 Å². The molecule has 80 valence electrons. The molecule has 1 fully saturated rings. The summed E-state index contributed by atoms with van der Waals surface area (Å²) in [5.41, 5.74) is 1.38. The molecule has 0 saturated carbocycles. The van der Waals surface area contributed by atoms with Crippen LogP contribution < -0.4 is 4.74 Å². The summed E-state index contributed by atoms with van der Waals surface area (Å²) in [7, 11) is 0. The molecule has 15 heavy (non-hydrogen) atoms. The maximum atomic E-state index is 10.8. The van der Waals surface area contributed by atoms with Gasteiger partial charge in [-0.1, -0.05) is 11.6 Å². The first kappa shape index (κ1) is 10.5. The molecule has 3 nitrogen and oxygen atoms in total. The molecule has 4 heteroatoms. The molecule has 0 unspecified atom stereocenters. The van der Waals surface area contributed by atoms with Crippen molar-refractivity contribution in [1.82, 2.24) is 0 Å². The number of aryl methyl sites for hydroxylation is 1. The van der Waals surface area contributed by atoms with Crippen LogP contribution in [-0.2, 0) is 4.74 Å². The molecule has 0 spiro atoms. The Morgan fingerprint density at radius 2 is 2.40 bits per heavy atom. The second kappa shape index (κ2) is 4.21. The minimum absolute atomic E-state index is 0.181. The zero-order valence-corrected chi connectivity index (χ0v) is 9.08. The molecule has 1 aromatic rings. The molecule has 0 radical (unpaired) electrons. The molecule has 1 aliphatic heterocycles. The zero-order valence-electron chi connectivity index (χ0n) is 8.33. The molecule has 1 aromatic carbocycles. The van der Waals surface area contributed by atoms with Crippen molar-refractivity contribution in [2.24, 2.45) is 0 Å². The van der Waals surface area contributed by atoms with Gasteiger partial charge in [0, 0.05) is 5.02 Å². The van der Waals surface area contributed by atoms with Crippen molar-refractivity contribution < 1.29 is 14.3 Å². The van der Waals surface area contributed by atoms with Crippen LogP contribution in [0, 0.1) is 6.92 Å². The van der Waals surface area contributed by atoms with E-state index in [0.717, 1.165) is 18.5 Å². The number of hydrogen-bond donors (Lipinski definition) is 0. The van der Waals surface area contributed by atoms with Gasteiger partial charge in [0.25, 0.3) is 0 Å². The van der Waals surface area contributed by atoms with Gasteiger partial charge in [0.05, 0.1) is 12.2 Å². The summed E-state index contributed by atoms with van der Waals surface area (Å²) in [6.45, 7) is 3.10. The van der Waals surface area contributed by atoms with E-state index >= 15 is 0 Å². The fourth-order valence-corrected chi connectivity index (χ4v) is 1.41. The Morgan fingerprint density at radius 3 is 3.00 bits per heavy atom. The molecule has 1 saturated heterocycles. The van der Waals surface area contributed by atoms with Crippen LogP contribution in [0.5, 0.6) is 5.75 Å². The molecule has 0 aliphatic carbocycles. The standard InChI is InChI=1S/C11H11ClO3/c1-7-2-11(15-6-9-5-14-9)8(4-13)3-10(7)12/h2-4,9H,5-6H2,1H3/t9-/m0/s1. The lowest BCUT2D eigenvalue weighted by Crippen LogP contribution is -2.06. The normalized spacial score (nSPS) is 18.7. The van der Waals surface area contributed by atoms with E-state index in [2.05, 4.69) is 0 Å². The highest BCUT2D eigenvalue weighted by atomic mass is 35.5. The van der Waals surface area contributed by atoms with E-state index in [0.29, 0.717) is 22.9 Å². The topological polar surface area (TPSA) is 38.8 Å². The molecule has 0 bridgehead atoms. The lowest BCUT2D eigenvalue weighted by Gasteiger charge is -2.08. The summed E-state index contributed by atoms with van der Waals surface area (Å²) in [4.78, 5) is 10.8. The molecular formula is C11H11ClO3. The average Bonchev–Trinajstić information content (AvgIpc) is 3.03. The molecule has 1 aliphatic rings. The summed E-state index contributed by atoms with van der Waals surface area (Å²) in [6, 6.07) is 3.39. The molecule has 0 aromatic heterocycles. The fourth-order valence-electron chi connectivity index (χ4n) is 1.23. The van der Waals surface area contributed by atoms with Crippen molar-refractivity contribution in [3.05, 3.63) is 28.3 Å². The number of benzene rings is 1. The second-order valence-corrected chi connectivity index (χ2v) is 3.93. The third-order valence-electron chi connectivity index (χ3n) is 2.25. The first-order valence-corrected chi connectivity index (χ1v) is 5.08. The van der Waals surface area contributed by atoms with E-state index in [1.54, 1.807) is 12.1 Å². The van der Waals surface area contributed by atoms with Crippen molar-refractivity contribution in [2.45, 2.75) is 13.0 Å². The highest BCUT2D eigenvalue weighted by molar-refractivity contribution is 6.31. The summed E-state index contributed by atoms with van der Waals surface area (Å²) in [5, 5.41) is 0.576. The molecule has 1 heterocycles. The van der Waals surface area contributed by atoms with Gasteiger partial charge in [0.15, 0.2) is 6.29 Å². The van der Waals surface area contributed by atoms with E-state index < -0.39 is 0 Å². The van der Waals surface area contributed by atoms with Gasteiger partial charge in [-0.05, 0) is 24.6 Å². The highest BCUT2D eigenvalue weighted by Gasteiger charge is 2.23. The van der Waals surface area contributed by atoms with Crippen LogP contribution in [0.15, 0.2) is 12.1 Å². The Morgan fingerprint density at radius 1 is 1.67 bits per heavy atom. The van der Waals surface area contributed by atoms with Crippen LogP contribution in [0.1, 0.15) is 15.9 Å². The molecule has 1 atom stereocenters. The first-order chi connectivity index (χ1) is 7.20. The van der Waals surface area contributed by atoms with E-state index in [9.17, 15) is 4.79 Å². The summed E-state index contributed by atoms with van der Waals surface area (Å²) in [6.07, 6.45) is 0.925. The second-order valence-electron chi connectivity index (χ2n) is 3.52. The third-order valence-corrected chi connectivity index (χ3v) is 2.65. The summed E-state index contributed by atoms with van der Waals surface area (Å²) >= 11 is 5.90. The molecule has 2 rings (SSSR count). The Balaban J connectivity index is 2.18. The van der Waals surface area contributed by atoms with Gasteiger partial charge in [0.1, 0.15) is 18.5 Å². The van der Waals surface area contributed by atoms with Crippen LogP contribution in [-0.4, -0.2) is 25.6 Å². The summed E-state index contributed by atoms with van der Waals surface area (Å²) < 4.78 is 10.5. The Labute approximate surface area is 92.9 Å². The van der Waals surface area contributed by atoms with Gasteiger partial charge < -0.3 is 9.47 Å². The Kier molecular flexibility index (Phi) is 2.93. The van der Waals surface area contributed by atoms with Gasteiger partial charge in [-0.15, -0.1) is 0 Å². The van der Waals surface area contributed by atoms with Crippen molar-refractivity contribution in [3.63, 3.8) is 0 Å². The van der Waals surface area contributed by atoms with Crippen LogP contribution >= 0.6 is 11.6 Å². The predicted molar refractivity (Wildman–Crippen MR) is 56.8 cm³/mol. The minimum Gasteiger partial charge on any atom is -0.490 e. The Bertz CT molecular complexity index is 386. The monoisotopic (exact) mass is 226 g/mol. The van der Waals surface area contributed by atoms with E-state index in [4.69, 9.17) is 21.1 Å². The number of hydrogen-bond acceptors (Lipinski definition) is 3. The van der Waals surface area contributed by atoms with Gasteiger partial charge in [0.2, 0.25) is 0 Å². The maximum absolute atomic E-state index is 10.8. The fraction of sp³-hybridized carbons (Fsp3) is 0.364. The lowest BCUT2D eigenvalue weighted by atomic mass is 10.1. The van der Waals surface area contributed by atoms with Crippen LogP contribution in [0.2, 0.25) is 5.02 Å².